The van der Waals surface area contributed by atoms with E-state index in [0.29, 0.717) is 8.64 Å². The number of hydrogen-bond donors (Lipinski definition) is 0. The predicted octanol–water partition coefficient (Wildman–Crippen LogP) is 21.0. The molecule has 7 heteroatoms. The Hall–Kier alpha value is 0.714. The zero-order valence-electron chi connectivity index (χ0n) is 44.6. The molecular formula is C58H116N2NiS4. The van der Waals surface area contributed by atoms with E-state index in [-0.39, 0.29) is 16.5 Å². The van der Waals surface area contributed by atoms with Crippen molar-refractivity contribution in [3.63, 3.8) is 0 Å². The van der Waals surface area contributed by atoms with E-state index < -0.39 is 0 Å². The first-order valence-electron chi connectivity index (χ1n) is 29.4. The average Bonchev–Trinajstić information content (AvgIpc) is 3.29. The minimum atomic E-state index is 0. The van der Waals surface area contributed by atoms with E-state index in [1.807, 2.05) is 0 Å². The quantitative estimate of drug-likeness (QED) is 0.0257. The Bertz CT molecular complexity index is 766. The normalized spacial score (nSPS) is 11.0. The van der Waals surface area contributed by atoms with E-state index in [0.717, 1.165) is 26.2 Å². The summed E-state index contributed by atoms with van der Waals surface area (Å²) in [5.41, 5.74) is 0. The average molecular weight is 1030 g/mol. The molecule has 0 aliphatic carbocycles. The maximum Gasteiger partial charge on any atom is 2.00 e. The molecule has 65 heavy (non-hydrogen) atoms. The number of hydrogen-bond acceptors (Lipinski definition) is 4. The predicted molar refractivity (Wildman–Crippen MR) is 307 cm³/mol. The molecule has 0 aromatic heterocycles. The second-order valence-electron chi connectivity index (χ2n) is 20.1. The molecule has 0 unspecified atom stereocenters. The Morgan fingerprint density at radius 2 is 0.338 bits per heavy atom. The van der Waals surface area contributed by atoms with Gasteiger partial charge in [0, 0.05) is 26.2 Å². The van der Waals surface area contributed by atoms with Gasteiger partial charge in [0.15, 0.2) is 0 Å². The summed E-state index contributed by atoms with van der Waals surface area (Å²) in [6.45, 7) is 13.5. The van der Waals surface area contributed by atoms with Crippen molar-refractivity contribution < 1.29 is 16.5 Å². The molecule has 0 atom stereocenters. The van der Waals surface area contributed by atoms with Gasteiger partial charge in [-0.15, -0.1) is 0 Å². The van der Waals surface area contributed by atoms with Gasteiger partial charge in [-0.3, -0.25) is 0 Å². The molecule has 0 saturated heterocycles. The van der Waals surface area contributed by atoms with Gasteiger partial charge in [0.2, 0.25) is 0 Å². The number of nitrogens with zero attached hydrogens (tertiary/aromatic N) is 2. The number of rotatable bonds is 52. The first kappa shape index (κ1) is 70.0. The molecule has 392 valence electrons. The van der Waals surface area contributed by atoms with Gasteiger partial charge >= 0.3 is 16.5 Å². The molecule has 0 radical (unpaired) electrons. The minimum absolute atomic E-state index is 0. The molecule has 0 rings (SSSR count). The van der Waals surface area contributed by atoms with Crippen LogP contribution in [-0.2, 0) is 41.7 Å². The van der Waals surface area contributed by atoms with Crippen LogP contribution < -0.4 is 0 Å². The van der Waals surface area contributed by atoms with E-state index in [4.69, 9.17) is 49.7 Å². The van der Waals surface area contributed by atoms with Crippen LogP contribution in [0.3, 0.4) is 0 Å². The van der Waals surface area contributed by atoms with Crippen molar-refractivity contribution in [2.75, 3.05) is 26.2 Å². The molecule has 2 nitrogen and oxygen atoms in total. The standard InChI is InChI=1S/2C29H59NS2.Ni/c2*1-3-5-7-9-11-13-15-17-19-21-23-25-27-30(29(31)32)28-26-24-22-20-18-16-14-12-10-8-6-4-2;/h2*3-28H2,1-2H3,(H,31,32);/q;;+2/p-2. The van der Waals surface area contributed by atoms with E-state index in [2.05, 4.69) is 37.5 Å². The van der Waals surface area contributed by atoms with Crippen molar-refractivity contribution >= 4 is 58.3 Å². The van der Waals surface area contributed by atoms with Gasteiger partial charge in [-0.1, -0.05) is 319 Å². The molecule has 0 aromatic carbocycles. The summed E-state index contributed by atoms with van der Waals surface area (Å²) in [5.74, 6) is 0. The molecule has 0 N–H and O–H groups in total. The second-order valence-corrected chi connectivity index (χ2v) is 22.1. The SMILES string of the molecule is CCCCCCCCCCCCCCN(CCCCCCCCCCCCCC)C(=S)[S-].CCCCCCCCCCCCCCN(CCCCCCCCCCCCCC)C(=S)[S-].[Ni+2]. The molecule has 0 heterocycles. The molecule has 0 saturated carbocycles. The van der Waals surface area contributed by atoms with Crippen LogP contribution in [-0.4, -0.2) is 44.6 Å². The maximum absolute atomic E-state index is 5.33. The topological polar surface area (TPSA) is 6.48 Å². The third-order valence-electron chi connectivity index (χ3n) is 13.6. The van der Waals surface area contributed by atoms with Crippen molar-refractivity contribution in [1.82, 2.24) is 9.80 Å². The zero-order valence-corrected chi connectivity index (χ0v) is 48.9. The van der Waals surface area contributed by atoms with Gasteiger partial charge in [-0.2, -0.15) is 0 Å². The summed E-state index contributed by atoms with van der Waals surface area (Å²) >= 11 is 21.3. The van der Waals surface area contributed by atoms with Gasteiger partial charge in [-0.05, 0) is 25.7 Å². The minimum Gasteiger partial charge on any atom is -0.411 e. The van der Waals surface area contributed by atoms with Gasteiger partial charge < -0.3 is 59.5 Å². The zero-order chi connectivity index (χ0) is 47.1. The maximum atomic E-state index is 5.33. The number of unbranched alkanes of at least 4 members (excludes halogenated alkanes) is 44. The fourth-order valence-electron chi connectivity index (χ4n) is 9.16. The third-order valence-corrected chi connectivity index (χ3v) is 14.7. The summed E-state index contributed by atoms with van der Waals surface area (Å²) in [7, 11) is 0. The first-order chi connectivity index (χ1) is 31.4. The van der Waals surface area contributed by atoms with Crippen LogP contribution in [0.25, 0.3) is 0 Å². The Morgan fingerprint density at radius 3 is 0.446 bits per heavy atom. The van der Waals surface area contributed by atoms with Crippen LogP contribution in [0.1, 0.15) is 336 Å². The van der Waals surface area contributed by atoms with Crippen LogP contribution in [0.15, 0.2) is 0 Å². The first-order valence-corrected chi connectivity index (χ1v) is 31.0. The van der Waals surface area contributed by atoms with E-state index in [1.165, 1.54) is 308 Å². The molecule has 0 aromatic rings. The largest absolute Gasteiger partial charge is 2.00 e. The Kier molecular flexibility index (Phi) is 67.5. The van der Waals surface area contributed by atoms with Crippen LogP contribution in [0.4, 0.5) is 0 Å². The summed E-state index contributed by atoms with van der Waals surface area (Å²) in [5, 5.41) is 0. The molecule has 0 spiro atoms. The molecular weight excluding hydrogens is 912 g/mol. The second kappa shape index (κ2) is 62.7. The van der Waals surface area contributed by atoms with E-state index in [9.17, 15) is 0 Å². The summed E-state index contributed by atoms with van der Waals surface area (Å²) < 4.78 is 1.38. The van der Waals surface area contributed by atoms with Crippen LogP contribution in [0.2, 0.25) is 0 Å². The van der Waals surface area contributed by atoms with Crippen molar-refractivity contribution in [3.05, 3.63) is 0 Å². The van der Waals surface area contributed by atoms with Gasteiger partial charge in [-0.25, -0.2) is 0 Å². The smallest absolute Gasteiger partial charge is 0.411 e. The van der Waals surface area contributed by atoms with Crippen molar-refractivity contribution in [3.8, 4) is 0 Å². The van der Waals surface area contributed by atoms with Crippen LogP contribution >= 0.6 is 24.4 Å². The molecule has 0 fully saturated rings. The molecule has 0 aliphatic heterocycles. The fourth-order valence-corrected chi connectivity index (χ4v) is 9.89. The molecule has 0 bridgehead atoms. The van der Waals surface area contributed by atoms with Gasteiger partial charge in [0.25, 0.3) is 0 Å². The fraction of sp³-hybridized carbons (Fsp3) is 0.966. The molecule has 0 amide bonds. The van der Waals surface area contributed by atoms with Crippen molar-refractivity contribution in [2.45, 2.75) is 336 Å². The molecule has 0 aliphatic rings. The van der Waals surface area contributed by atoms with E-state index in [1.54, 1.807) is 0 Å². The summed E-state index contributed by atoms with van der Waals surface area (Å²) in [4.78, 5) is 4.58. The van der Waals surface area contributed by atoms with Crippen LogP contribution in [0.5, 0.6) is 0 Å². The monoisotopic (exact) mass is 1030 g/mol. The van der Waals surface area contributed by atoms with Crippen molar-refractivity contribution in [2.24, 2.45) is 0 Å². The van der Waals surface area contributed by atoms with Gasteiger partial charge in [0.1, 0.15) is 0 Å². The van der Waals surface area contributed by atoms with Gasteiger partial charge in [0.05, 0.1) is 0 Å². The Balaban J connectivity index is -0.00000116. The summed E-state index contributed by atoms with van der Waals surface area (Å²) in [6, 6.07) is 0. The summed E-state index contributed by atoms with van der Waals surface area (Å²) in [6.07, 6.45) is 67.2. The Morgan fingerprint density at radius 1 is 0.231 bits per heavy atom. The third kappa shape index (κ3) is 60.8. The number of thiocarbonyl (C=S) groups is 2. The van der Waals surface area contributed by atoms with Crippen LogP contribution in [0, 0.1) is 0 Å². The van der Waals surface area contributed by atoms with E-state index >= 15 is 0 Å². The van der Waals surface area contributed by atoms with Crippen molar-refractivity contribution in [1.29, 1.82) is 0 Å². The Labute approximate surface area is 443 Å².